The molecule has 0 spiro atoms. The van der Waals surface area contributed by atoms with Crippen LogP contribution >= 0.6 is 11.6 Å². The minimum Gasteiger partial charge on any atom is -0.508 e. The van der Waals surface area contributed by atoms with Gasteiger partial charge in [-0.3, -0.25) is 0 Å². The Balaban J connectivity index is 0.000000171. The first kappa shape index (κ1) is 13.6. The first-order chi connectivity index (χ1) is 8.11. The van der Waals surface area contributed by atoms with E-state index in [-0.39, 0.29) is 0 Å². The number of aryl methyl sites for hydroxylation is 2. The van der Waals surface area contributed by atoms with Crippen molar-refractivity contribution in [2.24, 2.45) is 0 Å². The van der Waals surface area contributed by atoms with Crippen LogP contribution in [0.3, 0.4) is 0 Å². The van der Waals surface area contributed by atoms with Gasteiger partial charge in [-0.05, 0) is 48.7 Å². The molecule has 0 radical (unpaired) electrons. The molecule has 0 amide bonds. The molecule has 0 saturated heterocycles. The Morgan fingerprint density at radius 1 is 1.06 bits per heavy atom. The number of hydrogen-bond donors (Lipinski definition) is 1. The second-order valence-corrected chi connectivity index (χ2v) is 4.26. The number of hydrogen-bond acceptors (Lipinski definition) is 1. The Kier molecular flexibility index (Phi) is 5.58. The molecular weight excluding hydrogens is 232 g/mol. The highest BCUT2D eigenvalue weighted by Gasteiger charge is 1.86. The fourth-order valence-electron chi connectivity index (χ4n) is 1.35. The highest BCUT2D eigenvalue weighted by molar-refractivity contribution is 6.30. The van der Waals surface area contributed by atoms with E-state index >= 15 is 0 Å². The summed E-state index contributed by atoms with van der Waals surface area (Å²) in [5.74, 6) is 0.338. The van der Waals surface area contributed by atoms with Gasteiger partial charge >= 0.3 is 0 Å². The van der Waals surface area contributed by atoms with Gasteiger partial charge in [-0.1, -0.05) is 42.8 Å². The monoisotopic (exact) mass is 248 g/mol. The van der Waals surface area contributed by atoms with Crippen LogP contribution in [-0.2, 0) is 6.42 Å². The maximum atomic E-state index is 8.81. The van der Waals surface area contributed by atoms with Crippen molar-refractivity contribution in [2.75, 3.05) is 0 Å². The lowest BCUT2D eigenvalue weighted by Crippen LogP contribution is -1.75. The number of phenols is 1. The molecule has 0 heterocycles. The summed E-state index contributed by atoms with van der Waals surface area (Å²) in [5, 5.41) is 9.63. The Hall–Kier alpha value is -1.47. The van der Waals surface area contributed by atoms with E-state index < -0.39 is 0 Å². The van der Waals surface area contributed by atoms with E-state index in [0.717, 1.165) is 17.0 Å². The summed E-state index contributed by atoms with van der Waals surface area (Å²) >= 11 is 5.67. The lowest BCUT2D eigenvalue weighted by molar-refractivity contribution is 0.475. The molecule has 90 valence electrons. The molecule has 0 bridgehead atoms. The van der Waals surface area contributed by atoms with Crippen molar-refractivity contribution in [3.05, 3.63) is 64.7 Å². The first-order valence-corrected chi connectivity index (χ1v) is 5.99. The molecule has 1 N–H and O–H groups in total. The molecule has 0 saturated carbocycles. The maximum absolute atomic E-state index is 8.81. The van der Waals surface area contributed by atoms with Crippen molar-refractivity contribution in [1.82, 2.24) is 0 Å². The van der Waals surface area contributed by atoms with E-state index in [1.165, 1.54) is 5.56 Å². The molecule has 2 heteroatoms. The van der Waals surface area contributed by atoms with Gasteiger partial charge in [0.25, 0.3) is 0 Å². The van der Waals surface area contributed by atoms with Crippen LogP contribution in [0.2, 0.25) is 5.02 Å². The van der Waals surface area contributed by atoms with Crippen LogP contribution in [0.4, 0.5) is 0 Å². The first-order valence-electron chi connectivity index (χ1n) is 5.62. The van der Waals surface area contributed by atoms with E-state index in [1.54, 1.807) is 12.1 Å². The maximum Gasteiger partial charge on any atom is 0.115 e. The van der Waals surface area contributed by atoms with Crippen molar-refractivity contribution >= 4 is 11.6 Å². The van der Waals surface area contributed by atoms with Gasteiger partial charge in [0.15, 0.2) is 0 Å². The largest absolute Gasteiger partial charge is 0.508 e. The number of rotatable bonds is 1. The Morgan fingerprint density at radius 3 is 2.12 bits per heavy atom. The normalized spacial score (nSPS) is 9.35. The average molecular weight is 249 g/mol. The Morgan fingerprint density at radius 2 is 1.71 bits per heavy atom. The van der Waals surface area contributed by atoms with E-state index in [0.29, 0.717) is 5.75 Å². The summed E-state index contributed by atoms with van der Waals surface area (Å²) in [6.45, 7) is 4.07. The molecule has 2 aromatic carbocycles. The summed E-state index contributed by atoms with van der Waals surface area (Å²) in [4.78, 5) is 0. The second kappa shape index (κ2) is 6.97. The molecule has 0 aliphatic rings. The molecule has 0 aliphatic heterocycles. The van der Waals surface area contributed by atoms with Crippen LogP contribution in [0.5, 0.6) is 5.75 Å². The molecule has 0 fully saturated rings. The molecule has 0 unspecified atom stereocenters. The van der Waals surface area contributed by atoms with Gasteiger partial charge in [0.05, 0.1) is 0 Å². The summed E-state index contributed by atoms with van der Waals surface area (Å²) < 4.78 is 0. The van der Waals surface area contributed by atoms with Gasteiger partial charge in [0.1, 0.15) is 5.75 Å². The molecule has 2 aromatic rings. The van der Waals surface area contributed by atoms with Gasteiger partial charge in [-0.25, -0.2) is 0 Å². The van der Waals surface area contributed by atoms with Crippen LogP contribution in [-0.4, -0.2) is 5.11 Å². The molecule has 1 nitrogen and oxygen atoms in total. The van der Waals surface area contributed by atoms with Crippen LogP contribution in [0, 0.1) is 6.92 Å². The lowest BCUT2D eigenvalue weighted by atomic mass is 10.2. The highest BCUT2D eigenvalue weighted by Crippen LogP contribution is 2.09. The number of halogens is 1. The van der Waals surface area contributed by atoms with E-state index in [9.17, 15) is 0 Å². The average Bonchev–Trinajstić information content (AvgIpc) is 2.30. The quantitative estimate of drug-likeness (QED) is 0.782. The van der Waals surface area contributed by atoms with Crippen LogP contribution in [0.25, 0.3) is 0 Å². The summed E-state index contributed by atoms with van der Waals surface area (Å²) in [7, 11) is 0. The third kappa shape index (κ3) is 5.41. The van der Waals surface area contributed by atoms with Crippen molar-refractivity contribution < 1.29 is 5.11 Å². The van der Waals surface area contributed by atoms with Crippen LogP contribution in [0.1, 0.15) is 18.1 Å². The van der Waals surface area contributed by atoms with Crippen molar-refractivity contribution in [2.45, 2.75) is 20.3 Å². The fraction of sp³-hybridized carbons (Fsp3) is 0.200. The van der Waals surface area contributed by atoms with Crippen molar-refractivity contribution in [3.8, 4) is 5.75 Å². The van der Waals surface area contributed by atoms with Crippen molar-refractivity contribution in [3.63, 3.8) is 0 Å². The summed E-state index contributed by atoms with van der Waals surface area (Å²) in [6, 6.07) is 15.1. The third-order valence-corrected chi connectivity index (χ3v) is 2.58. The summed E-state index contributed by atoms with van der Waals surface area (Å²) in [6.07, 6.45) is 1.08. The minimum atomic E-state index is 0.338. The molecule has 0 aliphatic carbocycles. The highest BCUT2D eigenvalue weighted by atomic mass is 35.5. The fourth-order valence-corrected chi connectivity index (χ4v) is 1.47. The Labute approximate surface area is 108 Å². The lowest BCUT2D eigenvalue weighted by Gasteiger charge is -1.93. The summed E-state index contributed by atoms with van der Waals surface area (Å²) in [5.41, 5.74) is 2.42. The van der Waals surface area contributed by atoms with Crippen LogP contribution in [0.15, 0.2) is 48.5 Å². The van der Waals surface area contributed by atoms with Gasteiger partial charge in [-0.2, -0.15) is 0 Å². The van der Waals surface area contributed by atoms with E-state index in [4.69, 9.17) is 16.7 Å². The van der Waals surface area contributed by atoms with Gasteiger partial charge in [0, 0.05) is 5.02 Å². The van der Waals surface area contributed by atoms with Gasteiger partial charge < -0.3 is 5.11 Å². The topological polar surface area (TPSA) is 20.2 Å². The SMILES string of the molecule is CCc1ccc(Cl)cc1.Cc1cccc(O)c1. The predicted molar refractivity (Wildman–Crippen MR) is 73.7 cm³/mol. The Bertz CT molecular complexity index is 431. The zero-order valence-electron chi connectivity index (χ0n) is 10.2. The molecular formula is C15H17ClO. The minimum absolute atomic E-state index is 0.338. The smallest absolute Gasteiger partial charge is 0.115 e. The van der Waals surface area contributed by atoms with Gasteiger partial charge in [-0.15, -0.1) is 0 Å². The van der Waals surface area contributed by atoms with E-state index in [1.807, 2.05) is 43.3 Å². The third-order valence-electron chi connectivity index (χ3n) is 2.32. The molecule has 2 rings (SSSR count). The molecule has 0 atom stereocenters. The second-order valence-electron chi connectivity index (χ2n) is 3.82. The number of benzene rings is 2. The zero-order chi connectivity index (χ0) is 12.7. The predicted octanol–water partition coefficient (Wildman–Crippen LogP) is 4.60. The van der Waals surface area contributed by atoms with E-state index in [2.05, 4.69) is 6.92 Å². The number of aromatic hydroxyl groups is 1. The van der Waals surface area contributed by atoms with Crippen molar-refractivity contribution in [1.29, 1.82) is 0 Å². The zero-order valence-corrected chi connectivity index (χ0v) is 10.9. The molecule has 17 heavy (non-hydrogen) atoms. The molecule has 0 aromatic heterocycles. The standard InChI is InChI=1S/C8H9Cl.C7H8O/c1-2-7-3-5-8(9)6-4-7;1-6-3-2-4-7(8)5-6/h3-6H,2H2,1H3;2-5,8H,1H3. The van der Waals surface area contributed by atoms with Crippen LogP contribution < -0.4 is 0 Å². The van der Waals surface area contributed by atoms with Gasteiger partial charge in [0.2, 0.25) is 0 Å². The number of phenolic OH excluding ortho intramolecular Hbond substituents is 1.